The van der Waals surface area contributed by atoms with Crippen molar-refractivity contribution in [3.63, 3.8) is 0 Å². The van der Waals surface area contributed by atoms with Crippen LogP contribution in [0.5, 0.6) is 0 Å². The van der Waals surface area contributed by atoms with Gasteiger partial charge in [0.2, 0.25) is 0 Å². The van der Waals surface area contributed by atoms with Crippen LogP contribution in [-0.4, -0.2) is 13.1 Å². The summed E-state index contributed by atoms with van der Waals surface area (Å²) >= 11 is 5.64. The van der Waals surface area contributed by atoms with E-state index in [1.807, 2.05) is 0 Å². The van der Waals surface area contributed by atoms with E-state index in [0.29, 0.717) is 5.56 Å². The van der Waals surface area contributed by atoms with Crippen LogP contribution in [0.4, 0.5) is 8.78 Å². The number of nitriles is 1. The molecule has 0 atom stereocenters. The molecule has 0 fully saturated rings. The highest BCUT2D eigenvalue weighted by Gasteiger charge is 2.21. The number of hydrogen-bond acceptors (Lipinski definition) is 3. The molecule has 0 spiro atoms. The number of benzene rings is 1. The predicted molar refractivity (Wildman–Crippen MR) is 61.4 cm³/mol. The SMILES string of the molecule is COC(=O)Cc1ccc(C#N)c(C(F)F)c1CCl. The number of methoxy groups -OCH3 is 1. The number of hydrogen-bond donors (Lipinski definition) is 0. The number of carbonyl (C=O) groups is 1. The molecule has 0 aromatic heterocycles. The molecule has 0 bridgehead atoms. The third-order valence-corrected chi connectivity index (χ3v) is 2.76. The van der Waals surface area contributed by atoms with Crippen molar-refractivity contribution in [3.8, 4) is 6.07 Å². The molecule has 1 rings (SSSR count). The summed E-state index contributed by atoms with van der Waals surface area (Å²) in [5.41, 5.74) is -0.0644. The fraction of sp³-hybridized carbons (Fsp3) is 0.333. The van der Waals surface area contributed by atoms with Crippen molar-refractivity contribution >= 4 is 17.6 Å². The molecule has 0 heterocycles. The van der Waals surface area contributed by atoms with Crippen molar-refractivity contribution < 1.29 is 18.3 Å². The summed E-state index contributed by atoms with van der Waals surface area (Å²) in [6.07, 6.45) is -2.96. The summed E-state index contributed by atoms with van der Waals surface area (Å²) in [5, 5.41) is 8.79. The van der Waals surface area contributed by atoms with Crippen molar-refractivity contribution in [3.05, 3.63) is 34.4 Å². The summed E-state index contributed by atoms with van der Waals surface area (Å²) in [7, 11) is 1.21. The van der Waals surface area contributed by atoms with E-state index in [0.717, 1.165) is 0 Å². The van der Waals surface area contributed by atoms with Gasteiger partial charge in [-0.3, -0.25) is 4.79 Å². The highest BCUT2D eigenvalue weighted by atomic mass is 35.5. The van der Waals surface area contributed by atoms with Gasteiger partial charge in [-0.2, -0.15) is 5.26 Å². The minimum absolute atomic E-state index is 0.121. The van der Waals surface area contributed by atoms with E-state index in [4.69, 9.17) is 16.9 Å². The smallest absolute Gasteiger partial charge is 0.309 e. The van der Waals surface area contributed by atoms with E-state index in [1.165, 1.54) is 19.2 Å². The Morgan fingerprint density at radius 2 is 2.22 bits per heavy atom. The van der Waals surface area contributed by atoms with Gasteiger partial charge in [0, 0.05) is 11.4 Å². The number of alkyl halides is 3. The quantitative estimate of drug-likeness (QED) is 0.626. The lowest BCUT2D eigenvalue weighted by Gasteiger charge is -2.13. The lowest BCUT2D eigenvalue weighted by atomic mass is 9.96. The Balaban J connectivity index is 3.34. The average Bonchev–Trinajstić information content (AvgIpc) is 2.37. The molecule has 0 saturated carbocycles. The molecule has 0 aliphatic carbocycles. The summed E-state index contributed by atoms with van der Waals surface area (Å²) < 4.78 is 30.3. The highest BCUT2D eigenvalue weighted by Crippen LogP contribution is 2.30. The number of rotatable bonds is 4. The van der Waals surface area contributed by atoms with E-state index in [-0.39, 0.29) is 23.4 Å². The monoisotopic (exact) mass is 273 g/mol. The van der Waals surface area contributed by atoms with E-state index in [1.54, 1.807) is 6.07 Å². The second kappa shape index (κ2) is 6.31. The topological polar surface area (TPSA) is 50.1 Å². The minimum Gasteiger partial charge on any atom is -0.469 e. The van der Waals surface area contributed by atoms with Gasteiger partial charge in [-0.1, -0.05) is 6.07 Å². The molecular formula is C12H10ClF2NO2. The fourth-order valence-electron chi connectivity index (χ4n) is 1.61. The van der Waals surface area contributed by atoms with Gasteiger partial charge in [0.25, 0.3) is 6.43 Å². The number of carbonyl (C=O) groups excluding carboxylic acids is 1. The van der Waals surface area contributed by atoms with Gasteiger partial charge in [0.15, 0.2) is 0 Å². The third-order valence-electron chi connectivity index (χ3n) is 2.49. The third kappa shape index (κ3) is 2.96. The van der Waals surface area contributed by atoms with Crippen LogP contribution in [0.15, 0.2) is 12.1 Å². The maximum atomic E-state index is 12.9. The zero-order valence-corrected chi connectivity index (χ0v) is 10.3. The van der Waals surface area contributed by atoms with Crippen LogP contribution in [0.2, 0.25) is 0 Å². The van der Waals surface area contributed by atoms with Crippen molar-refractivity contribution in [1.29, 1.82) is 5.26 Å². The van der Waals surface area contributed by atoms with E-state index in [2.05, 4.69) is 4.74 Å². The van der Waals surface area contributed by atoms with Crippen LogP contribution in [0.25, 0.3) is 0 Å². The molecule has 96 valence electrons. The van der Waals surface area contributed by atoms with Crippen LogP contribution in [0.1, 0.15) is 28.7 Å². The first-order chi connectivity index (χ1) is 8.54. The van der Waals surface area contributed by atoms with Crippen molar-refractivity contribution in [2.24, 2.45) is 0 Å². The molecule has 0 radical (unpaired) electrons. The maximum absolute atomic E-state index is 12.9. The molecule has 1 aromatic carbocycles. The molecule has 0 unspecified atom stereocenters. The first kappa shape index (κ1) is 14.4. The lowest BCUT2D eigenvalue weighted by molar-refractivity contribution is -0.139. The molecule has 0 amide bonds. The van der Waals surface area contributed by atoms with Crippen molar-refractivity contribution in [1.82, 2.24) is 0 Å². The molecule has 0 aliphatic heterocycles. The first-order valence-electron chi connectivity index (χ1n) is 5.00. The van der Waals surface area contributed by atoms with E-state index >= 15 is 0 Å². The number of ether oxygens (including phenoxy) is 1. The van der Waals surface area contributed by atoms with Crippen LogP contribution in [0.3, 0.4) is 0 Å². The van der Waals surface area contributed by atoms with Gasteiger partial charge in [0.1, 0.15) is 0 Å². The normalized spacial score (nSPS) is 10.2. The maximum Gasteiger partial charge on any atom is 0.309 e. The Hall–Kier alpha value is -1.67. The highest BCUT2D eigenvalue weighted by molar-refractivity contribution is 6.17. The molecule has 18 heavy (non-hydrogen) atoms. The zero-order chi connectivity index (χ0) is 13.7. The summed E-state index contributed by atoms with van der Waals surface area (Å²) in [6.45, 7) is 0. The largest absolute Gasteiger partial charge is 0.469 e. The Morgan fingerprint density at radius 1 is 1.56 bits per heavy atom. The molecular weight excluding hydrogens is 264 g/mol. The molecule has 6 heteroatoms. The van der Waals surface area contributed by atoms with Crippen LogP contribution in [0, 0.1) is 11.3 Å². The van der Waals surface area contributed by atoms with Gasteiger partial charge >= 0.3 is 5.97 Å². The summed E-state index contributed by atoms with van der Waals surface area (Å²) in [5.74, 6) is -0.743. The van der Waals surface area contributed by atoms with Gasteiger partial charge in [0.05, 0.1) is 25.2 Å². The van der Waals surface area contributed by atoms with E-state index in [9.17, 15) is 13.6 Å². The summed E-state index contributed by atoms with van der Waals surface area (Å²) in [4.78, 5) is 11.2. The zero-order valence-electron chi connectivity index (χ0n) is 9.54. The van der Waals surface area contributed by atoms with E-state index < -0.39 is 18.0 Å². The standard InChI is InChI=1S/C12H10ClF2NO2/c1-18-10(17)4-7-2-3-8(6-16)11(12(14)15)9(7)5-13/h2-3,12H,4-5H2,1H3. The molecule has 1 aromatic rings. The Labute approximate surface area is 108 Å². The first-order valence-corrected chi connectivity index (χ1v) is 5.54. The number of halogens is 3. The molecule has 3 nitrogen and oxygen atoms in total. The minimum atomic E-state index is -2.81. The van der Waals surface area contributed by atoms with Crippen molar-refractivity contribution in [2.75, 3.05) is 7.11 Å². The summed E-state index contributed by atoms with van der Waals surface area (Å²) in [6, 6.07) is 4.39. The Morgan fingerprint density at radius 3 is 2.67 bits per heavy atom. The molecule has 0 aliphatic rings. The van der Waals surface area contributed by atoms with Gasteiger partial charge in [-0.25, -0.2) is 8.78 Å². The van der Waals surface area contributed by atoms with Gasteiger partial charge in [-0.15, -0.1) is 11.6 Å². The van der Waals surface area contributed by atoms with Crippen LogP contribution >= 0.6 is 11.6 Å². The molecule has 0 N–H and O–H groups in total. The number of nitrogens with zero attached hydrogens (tertiary/aromatic N) is 1. The Kier molecular flexibility index (Phi) is 5.05. The van der Waals surface area contributed by atoms with Gasteiger partial charge in [-0.05, 0) is 17.2 Å². The second-order valence-electron chi connectivity index (χ2n) is 3.46. The van der Waals surface area contributed by atoms with Gasteiger partial charge < -0.3 is 4.74 Å². The predicted octanol–water partition coefficient (Wildman–Crippen LogP) is 2.95. The lowest BCUT2D eigenvalue weighted by Crippen LogP contribution is -2.09. The fourth-order valence-corrected chi connectivity index (χ4v) is 1.92. The van der Waals surface area contributed by atoms with Crippen LogP contribution in [-0.2, 0) is 21.8 Å². The number of esters is 1. The van der Waals surface area contributed by atoms with Crippen molar-refractivity contribution in [2.45, 2.75) is 18.7 Å². The molecule has 0 saturated heterocycles. The second-order valence-corrected chi connectivity index (χ2v) is 3.73. The van der Waals surface area contributed by atoms with Crippen LogP contribution < -0.4 is 0 Å². The Bertz CT molecular complexity index is 498. The average molecular weight is 274 g/mol.